The van der Waals surface area contributed by atoms with Gasteiger partial charge in [0.25, 0.3) is 0 Å². The third-order valence-corrected chi connectivity index (χ3v) is 4.58. The Hall–Kier alpha value is -2.19. The van der Waals surface area contributed by atoms with Crippen molar-refractivity contribution in [3.05, 3.63) is 0 Å². The predicted octanol–water partition coefficient (Wildman–Crippen LogP) is 1.87. The van der Waals surface area contributed by atoms with E-state index in [1.165, 1.54) is 0 Å². The summed E-state index contributed by atoms with van der Waals surface area (Å²) in [5.41, 5.74) is -0.516. The molecule has 2 aliphatic rings. The number of ether oxygens (including phenoxy) is 1. The van der Waals surface area contributed by atoms with E-state index in [0.717, 1.165) is 25.7 Å². The van der Waals surface area contributed by atoms with Gasteiger partial charge in [-0.15, -0.1) is 0 Å². The van der Waals surface area contributed by atoms with Gasteiger partial charge in [-0.25, -0.2) is 14.4 Å². The molecule has 148 valence electrons. The molecule has 0 aromatic carbocycles. The molecule has 26 heavy (non-hydrogen) atoms. The first kappa shape index (κ1) is 20.1. The first-order valence-corrected chi connectivity index (χ1v) is 9.17. The number of alkyl carbamates (subject to hydrolysis) is 1. The monoisotopic (exact) mass is 370 g/mol. The molecule has 9 nitrogen and oxygen atoms in total. The number of amides is 4. The van der Waals surface area contributed by atoms with Gasteiger partial charge in [0.15, 0.2) is 0 Å². The van der Waals surface area contributed by atoms with Crippen LogP contribution in [0.2, 0.25) is 0 Å². The molecule has 0 bridgehead atoms. The van der Waals surface area contributed by atoms with Crippen LogP contribution >= 0.6 is 0 Å². The highest BCUT2D eigenvalue weighted by atomic mass is 16.6. The van der Waals surface area contributed by atoms with E-state index >= 15 is 0 Å². The second-order valence-corrected chi connectivity index (χ2v) is 8.03. The van der Waals surface area contributed by atoms with Gasteiger partial charge < -0.3 is 30.7 Å². The van der Waals surface area contributed by atoms with Crippen molar-refractivity contribution in [1.82, 2.24) is 20.9 Å². The maximum Gasteiger partial charge on any atom is 0.407 e. The Balaban J connectivity index is 1.68. The number of nitrogens with one attached hydrogen (secondary N) is 3. The number of rotatable bonds is 3. The zero-order valence-corrected chi connectivity index (χ0v) is 15.7. The van der Waals surface area contributed by atoms with Crippen molar-refractivity contribution in [2.75, 3.05) is 13.1 Å². The summed E-state index contributed by atoms with van der Waals surface area (Å²) < 4.78 is 5.26. The third kappa shape index (κ3) is 6.61. The summed E-state index contributed by atoms with van der Waals surface area (Å²) in [6, 6.07) is -0.213. The lowest BCUT2D eigenvalue weighted by molar-refractivity contribution is 0.0489. The van der Waals surface area contributed by atoms with Crippen molar-refractivity contribution < 1.29 is 24.2 Å². The fourth-order valence-corrected chi connectivity index (χ4v) is 3.36. The molecule has 0 spiro atoms. The van der Waals surface area contributed by atoms with Crippen molar-refractivity contribution in [1.29, 1.82) is 0 Å². The molecule has 1 saturated carbocycles. The molecule has 2 rings (SSSR count). The van der Waals surface area contributed by atoms with E-state index in [1.54, 1.807) is 4.90 Å². The van der Waals surface area contributed by atoms with Crippen LogP contribution in [-0.4, -0.2) is 65.0 Å². The van der Waals surface area contributed by atoms with E-state index in [9.17, 15) is 14.4 Å². The molecule has 2 fully saturated rings. The normalized spacial score (nSPS) is 26.1. The van der Waals surface area contributed by atoms with Crippen LogP contribution < -0.4 is 16.0 Å². The van der Waals surface area contributed by atoms with Crippen LogP contribution in [0, 0.1) is 0 Å². The first-order chi connectivity index (χ1) is 12.1. The highest BCUT2D eigenvalue weighted by molar-refractivity contribution is 5.75. The summed E-state index contributed by atoms with van der Waals surface area (Å²) in [5, 5.41) is 17.0. The van der Waals surface area contributed by atoms with Gasteiger partial charge in [0.2, 0.25) is 0 Å². The largest absolute Gasteiger partial charge is 0.465 e. The molecule has 0 aromatic heterocycles. The number of carbonyl (C=O) groups excluding carboxylic acids is 2. The van der Waals surface area contributed by atoms with Gasteiger partial charge in [-0.3, -0.25) is 0 Å². The number of urea groups is 1. The van der Waals surface area contributed by atoms with Crippen LogP contribution in [0.25, 0.3) is 0 Å². The second kappa shape index (κ2) is 8.46. The molecule has 0 unspecified atom stereocenters. The maximum atomic E-state index is 12.3. The molecular weight excluding hydrogens is 340 g/mol. The Labute approximate surface area is 153 Å². The van der Waals surface area contributed by atoms with Crippen LogP contribution in [0.1, 0.15) is 52.9 Å². The average molecular weight is 370 g/mol. The average Bonchev–Trinajstić information content (AvgIpc) is 2.95. The first-order valence-electron chi connectivity index (χ1n) is 9.17. The maximum absolute atomic E-state index is 12.3. The Bertz CT molecular complexity index is 526. The van der Waals surface area contributed by atoms with Crippen LogP contribution in [0.5, 0.6) is 0 Å². The number of carbonyl (C=O) groups is 3. The number of carboxylic acid groups (broad SMARTS) is 1. The summed E-state index contributed by atoms with van der Waals surface area (Å²) in [6.07, 6.45) is 2.31. The predicted molar refractivity (Wildman–Crippen MR) is 95.1 cm³/mol. The SMILES string of the molecule is CC(C)(C)OC(=O)NC1CCC(NC(=O)N2CC[C@@H](NC(=O)O)C2)CC1. The number of hydrogen-bond acceptors (Lipinski definition) is 4. The molecule has 1 atom stereocenters. The Morgan fingerprint density at radius 2 is 1.50 bits per heavy atom. The lowest BCUT2D eigenvalue weighted by atomic mass is 9.91. The zero-order valence-electron chi connectivity index (χ0n) is 15.7. The van der Waals surface area contributed by atoms with Gasteiger partial charge in [0.05, 0.1) is 6.04 Å². The van der Waals surface area contributed by atoms with Crippen molar-refractivity contribution in [2.24, 2.45) is 0 Å². The Morgan fingerprint density at radius 1 is 0.923 bits per heavy atom. The molecule has 1 aliphatic heterocycles. The molecule has 0 radical (unpaired) electrons. The van der Waals surface area contributed by atoms with E-state index in [-0.39, 0.29) is 24.2 Å². The molecule has 4 amide bonds. The van der Waals surface area contributed by atoms with E-state index in [4.69, 9.17) is 9.84 Å². The van der Waals surface area contributed by atoms with Crippen molar-refractivity contribution in [2.45, 2.75) is 76.6 Å². The lowest BCUT2D eigenvalue weighted by Crippen LogP contribution is -2.48. The fraction of sp³-hybridized carbons (Fsp3) is 0.824. The highest BCUT2D eigenvalue weighted by Gasteiger charge is 2.30. The molecule has 9 heteroatoms. The molecule has 1 saturated heterocycles. The summed E-state index contributed by atoms with van der Waals surface area (Å²) in [4.78, 5) is 36.4. The number of hydrogen-bond donors (Lipinski definition) is 4. The quantitative estimate of drug-likeness (QED) is 0.604. The smallest absolute Gasteiger partial charge is 0.407 e. The highest BCUT2D eigenvalue weighted by Crippen LogP contribution is 2.20. The zero-order chi connectivity index (χ0) is 19.3. The minimum absolute atomic E-state index is 0.0638. The summed E-state index contributed by atoms with van der Waals surface area (Å²) in [7, 11) is 0. The number of nitrogens with zero attached hydrogens (tertiary/aromatic N) is 1. The van der Waals surface area contributed by atoms with E-state index in [0.29, 0.717) is 19.5 Å². The molecule has 0 aromatic rings. The topological polar surface area (TPSA) is 120 Å². The van der Waals surface area contributed by atoms with Gasteiger partial charge >= 0.3 is 18.2 Å². The Kier molecular flexibility index (Phi) is 6.55. The van der Waals surface area contributed by atoms with Gasteiger partial charge in [0.1, 0.15) is 5.60 Å². The third-order valence-electron chi connectivity index (χ3n) is 4.58. The van der Waals surface area contributed by atoms with Gasteiger partial charge in [-0.2, -0.15) is 0 Å². The molecular formula is C17H30N4O5. The van der Waals surface area contributed by atoms with Crippen molar-refractivity contribution >= 4 is 18.2 Å². The van der Waals surface area contributed by atoms with Crippen molar-refractivity contribution in [3.63, 3.8) is 0 Å². The Morgan fingerprint density at radius 3 is 2.04 bits per heavy atom. The van der Waals surface area contributed by atoms with Crippen LogP contribution in [-0.2, 0) is 4.74 Å². The molecule has 1 heterocycles. The minimum Gasteiger partial charge on any atom is -0.465 e. The lowest BCUT2D eigenvalue weighted by Gasteiger charge is -2.31. The summed E-state index contributed by atoms with van der Waals surface area (Å²) in [6.45, 7) is 6.43. The number of likely N-dealkylation sites (tertiary alicyclic amines) is 1. The van der Waals surface area contributed by atoms with Crippen LogP contribution in [0.4, 0.5) is 14.4 Å². The van der Waals surface area contributed by atoms with E-state index in [2.05, 4.69) is 16.0 Å². The van der Waals surface area contributed by atoms with Gasteiger partial charge in [-0.05, 0) is 52.9 Å². The molecule has 4 N–H and O–H groups in total. The van der Waals surface area contributed by atoms with Crippen LogP contribution in [0.15, 0.2) is 0 Å². The standard InChI is InChI=1S/C17H30N4O5/c1-17(2,3)26-16(25)20-12-6-4-11(5-7-12)18-14(22)21-9-8-13(10-21)19-15(23)24/h11-13,19H,4-10H2,1-3H3,(H,18,22)(H,20,25)(H,23,24)/t11?,12?,13-/m1/s1. The van der Waals surface area contributed by atoms with E-state index < -0.39 is 17.8 Å². The minimum atomic E-state index is -1.06. The second-order valence-electron chi connectivity index (χ2n) is 8.03. The fourth-order valence-electron chi connectivity index (χ4n) is 3.36. The molecule has 1 aliphatic carbocycles. The van der Waals surface area contributed by atoms with Crippen molar-refractivity contribution in [3.8, 4) is 0 Å². The van der Waals surface area contributed by atoms with Gasteiger partial charge in [-0.1, -0.05) is 0 Å². The van der Waals surface area contributed by atoms with E-state index in [1.807, 2.05) is 20.8 Å². The summed E-state index contributed by atoms with van der Waals surface area (Å²) in [5.74, 6) is 0. The van der Waals surface area contributed by atoms with Crippen LogP contribution in [0.3, 0.4) is 0 Å². The van der Waals surface area contributed by atoms with Gasteiger partial charge in [0, 0.05) is 25.2 Å². The summed E-state index contributed by atoms with van der Waals surface area (Å²) >= 11 is 0.